The number of aliphatic hydroxyl groups is 1. The van der Waals surface area contributed by atoms with Gasteiger partial charge in [0.2, 0.25) is 0 Å². The summed E-state index contributed by atoms with van der Waals surface area (Å²) in [5, 5.41) is 11.4. The van der Waals surface area contributed by atoms with Crippen LogP contribution in [0.4, 0.5) is 0 Å². The maximum absolute atomic E-state index is 13.3. The summed E-state index contributed by atoms with van der Waals surface area (Å²) in [6, 6.07) is 13.3. The third-order valence-corrected chi connectivity index (χ3v) is 7.05. The molecule has 2 aromatic carbocycles. The van der Waals surface area contributed by atoms with E-state index in [0.29, 0.717) is 12.1 Å². The van der Waals surface area contributed by atoms with Crippen LogP contribution in [-0.2, 0) is 15.0 Å². The minimum Gasteiger partial charge on any atom is -0.507 e. The van der Waals surface area contributed by atoms with Crippen molar-refractivity contribution in [1.29, 1.82) is 0 Å². The van der Waals surface area contributed by atoms with Gasteiger partial charge in [-0.1, -0.05) is 76.6 Å². The van der Waals surface area contributed by atoms with E-state index in [1.54, 1.807) is 4.90 Å². The highest BCUT2D eigenvalue weighted by Gasteiger charge is 2.46. The molecule has 1 unspecified atom stereocenters. The van der Waals surface area contributed by atoms with Gasteiger partial charge >= 0.3 is 0 Å². The topological polar surface area (TPSA) is 60.9 Å². The van der Waals surface area contributed by atoms with Gasteiger partial charge in [-0.25, -0.2) is 0 Å². The number of carbonyl (C=O) groups excluding carboxylic acids is 2. The van der Waals surface area contributed by atoms with Gasteiger partial charge in [-0.2, -0.15) is 0 Å². The lowest BCUT2D eigenvalue weighted by atomic mass is 9.85. The van der Waals surface area contributed by atoms with Crippen LogP contribution in [0.15, 0.2) is 48.0 Å². The van der Waals surface area contributed by atoms with Crippen molar-refractivity contribution in [1.82, 2.24) is 9.80 Å². The summed E-state index contributed by atoms with van der Waals surface area (Å²) in [5.41, 5.74) is 4.63. The molecule has 0 aliphatic carbocycles. The third-order valence-electron chi connectivity index (χ3n) is 7.05. The number of Topliss-reactive ketones (excluding diaryl/α,β-unsaturated/α-hetero) is 1. The van der Waals surface area contributed by atoms with E-state index in [9.17, 15) is 14.7 Å². The van der Waals surface area contributed by atoms with Crippen LogP contribution in [0.25, 0.3) is 5.76 Å². The Balaban J connectivity index is 2.09. The molecule has 0 aromatic heterocycles. The van der Waals surface area contributed by atoms with E-state index < -0.39 is 17.7 Å². The number of ketones is 1. The van der Waals surface area contributed by atoms with E-state index in [-0.39, 0.29) is 16.7 Å². The smallest absolute Gasteiger partial charge is 0.295 e. The van der Waals surface area contributed by atoms with Crippen molar-refractivity contribution in [2.24, 2.45) is 0 Å². The second-order valence-electron chi connectivity index (χ2n) is 10.6. The highest BCUT2D eigenvalue weighted by Crippen LogP contribution is 2.40. The number of rotatable bonds is 8. The predicted molar refractivity (Wildman–Crippen MR) is 142 cm³/mol. The lowest BCUT2D eigenvalue weighted by Crippen LogP contribution is -2.33. The van der Waals surface area contributed by atoms with Gasteiger partial charge < -0.3 is 14.9 Å². The molecule has 1 aliphatic rings. The summed E-state index contributed by atoms with van der Waals surface area (Å²) in [7, 11) is 0. The first-order chi connectivity index (χ1) is 16.5. The van der Waals surface area contributed by atoms with Crippen molar-refractivity contribution in [3.8, 4) is 0 Å². The summed E-state index contributed by atoms with van der Waals surface area (Å²) in [5.74, 6) is -1.25. The number of benzene rings is 2. The second-order valence-corrected chi connectivity index (χ2v) is 10.6. The van der Waals surface area contributed by atoms with Gasteiger partial charge in [-0.3, -0.25) is 9.59 Å². The molecule has 188 valence electrons. The monoisotopic (exact) mass is 476 g/mol. The first kappa shape index (κ1) is 26.7. The molecule has 1 fully saturated rings. The van der Waals surface area contributed by atoms with Gasteiger partial charge in [0, 0.05) is 12.1 Å². The zero-order valence-corrected chi connectivity index (χ0v) is 22.3. The number of carbonyl (C=O) groups is 2. The first-order valence-corrected chi connectivity index (χ1v) is 12.7. The second kappa shape index (κ2) is 10.8. The van der Waals surface area contributed by atoms with E-state index in [2.05, 4.69) is 51.7 Å². The number of amides is 1. The average Bonchev–Trinajstić information content (AvgIpc) is 3.07. The number of hydrogen-bond acceptors (Lipinski definition) is 4. The molecule has 2 aromatic rings. The Bertz CT molecular complexity index is 1110. The number of aliphatic hydroxyl groups excluding tert-OH is 1. The molecule has 0 radical (unpaired) electrons. The molecule has 1 atom stereocenters. The molecule has 1 amide bonds. The number of aryl methyl sites for hydroxylation is 2. The SMILES string of the molecule is CCN(CC)CCCN1C(=O)C(=O)/C(=C(/O)c2cc(C)ccc2C)C1c1ccc(C(C)(C)C)cc1. The van der Waals surface area contributed by atoms with Crippen LogP contribution in [0.3, 0.4) is 0 Å². The van der Waals surface area contributed by atoms with Crippen molar-refractivity contribution < 1.29 is 14.7 Å². The lowest BCUT2D eigenvalue weighted by Gasteiger charge is -2.27. The summed E-state index contributed by atoms with van der Waals surface area (Å²) in [4.78, 5) is 30.5. The standard InChI is InChI=1S/C30H40N2O3/c1-8-31(9-2)17-10-18-32-26(22-13-15-23(16-14-22)30(5,6)7)25(28(34)29(32)35)27(33)24-19-20(3)11-12-21(24)4/h11-16,19,26,33H,8-10,17-18H2,1-7H3/b27-25+. The molecule has 0 spiro atoms. The maximum Gasteiger partial charge on any atom is 0.295 e. The van der Waals surface area contributed by atoms with Gasteiger partial charge in [0.25, 0.3) is 11.7 Å². The number of nitrogens with zero attached hydrogens (tertiary/aromatic N) is 2. The Hall–Kier alpha value is -2.92. The maximum atomic E-state index is 13.3. The number of hydrogen-bond donors (Lipinski definition) is 1. The molecule has 35 heavy (non-hydrogen) atoms. The number of likely N-dealkylation sites (tertiary alicyclic amines) is 1. The van der Waals surface area contributed by atoms with Crippen molar-refractivity contribution >= 4 is 17.4 Å². The van der Waals surface area contributed by atoms with Crippen molar-refractivity contribution in [3.05, 3.63) is 75.9 Å². The van der Waals surface area contributed by atoms with E-state index in [1.165, 1.54) is 5.56 Å². The largest absolute Gasteiger partial charge is 0.507 e. The first-order valence-electron chi connectivity index (χ1n) is 12.7. The highest BCUT2D eigenvalue weighted by atomic mass is 16.3. The van der Waals surface area contributed by atoms with E-state index in [1.807, 2.05) is 44.2 Å². The van der Waals surface area contributed by atoms with Gasteiger partial charge in [0.15, 0.2) is 0 Å². The van der Waals surface area contributed by atoms with Crippen LogP contribution in [0.2, 0.25) is 0 Å². The zero-order valence-electron chi connectivity index (χ0n) is 22.3. The molecule has 3 rings (SSSR count). The highest BCUT2D eigenvalue weighted by molar-refractivity contribution is 6.46. The molecule has 5 nitrogen and oxygen atoms in total. The Labute approximate surface area is 210 Å². The molecule has 0 saturated carbocycles. The quantitative estimate of drug-likeness (QED) is 0.299. The van der Waals surface area contributed by atoms with Crippen LogP contribution in [0, 0.1) is 13.8 Å². The summed E-state index contributed by atoms with van der Waals surface area (Å²) in [6.07, 6.45) is 0.759. The van der Waals surface area contributed by atoms with Gasteiger partial charge in [-0.05, 0) is 68.1 Å². The molecule has 1 N–H and O–H groups in total. The lowest BCUT2D eigenvalue weighted by molar-refractivity contribution is -0.140. The molecule has 5 heteroatoms. The fourth-order valence-corrected chi connectivity index (χ4v) is 4.76. The Morgan fingerprint density at radius 1 is 1.00 bits per heavy atom. The minimum atomic E-state index is -0.615. The van der Waals surface area contributed by atoms with Crippen LogP contribution < -0.4 is 0 Å². The molecule has 1 aliphatic heterocycles. The van der Waals surface area contributed by atoms with Crippen LogP contribution >= 0.6 is 0 Å². The summed E-state index contributed by atoms with van der Waals surface area (Å²) < 4.78 is 0. The summed E-state index contributed by atoms with van der Waals surface area (Å²) in [6.45, 7) is 17.8. The van der Waals surface area contributed by atoms with Crippen LogP contribution in [0.5, 0.6) is 0 Å². The molecular formula is C30H40N2O3. The van der Waals surface area contributed by atoms with Gasteiger partial charge in [0.1, 0.15) is 5.76 Å². The van der Waals surface area contributed by atoms with Gasteiger partial charge in [0.05, 0.1) is 11.6 Å². The van der Waals surface area contributed by atoms with Crippen LogP contribution in [-0.4, -0.2) is 52.8 Å². The zero-order chi connectivity index (χ0) is 25.9. The summed E-state index contributed by atoms with van der Waals surface area (Å²) >= 11 is 0. The Morgan fingerprint density at radius 2 is 1.63 bits per heavy atom. The Kier molecular flexibility index (Phi) is 8.22. The Morgan fingerprint density at radius 3 is 2.20 bits per heavy atom. The van der Waals surface area contributed by atoms with E-state index in [0.717, 1.165) is 42.7 Å². The third kappa shape index (κ3) is 5.67. The van der Waals surface area contributed by atoms with E-state index >= 15 is 0 Å². The fourth-order valence-electron chi connectivity index (χ4n) is 4.76. The van der Waals surface area contributed by atoms with Crippen LogP contribution in [0.1, 0.15) is 74.9 Å². The molecular weight excluding hydrogens is 436 g/mol. The molecule has 1 saturated heterocycles. The normalized spacial score (nSPS) is 18.1. The fraction of sp³-hybridized carbons (Fsp3) is 0.467. The average molecular weight is 477 g/mol. The van der Waals surface area contributed by atoms with Gasteiger partial charge in [-0.15, -0.1) is 0 Å². The molecule has 1 heterocycles. The van der Waals surface area contributed by atoms with Crippen molar-refractivity contribution in [3.63, 3.8) is 0 Å². The molecule has 0 bridgehead atoms. The predicted octanol–water partition coefficient (Wildman–Crippen LogP) is 5.75. The van der Waals surface area contributed by atoms with E-state index in [4.69, 9.17) is 0 Å². The van der Waals surface area contributed by atoms with Crippen molar-refractivity contribution in [2.45, 2.75) is 66.3 Å². The van der Waals surface area contributed by atoms with Crippen molar-refractivity contribution in [2.75, 3.05) is 26.2 Å². The minimum absolute atomic E-state index is 0.0111.